The maximum Gasteiger partial charge on any atom is 0.336 e. The van der Waals surface area contributed by atoms with E-state index in [0.717, 1.165) is 29.0 Å². The van der Waals surface area contributed by atoms with Gasteiger partial charge >= 0.3 is 5.97 Å². The number of carbonyl (C=O) groups excluding carboxylic acids is 1. The molecule has 5 nitrogen and oxygen atoms in total. The third kappa shape index (κ3) is 4.76. The minimum atomic E-state index is -0.412. The Morgan fingerprint density at radius 1 is 1.29 bits per heavy atom. The molecule has 1 aromatic carbocycles. The van der Waals surface area contributed by atoms with Crippen molar-refractivity contribution in [3.8, 4) is 6.07 Å². The van der Waals surface area contributed by atoms with E-state index in [1.165, 1.54) is 0 Å². The van der Waals surface area contributed by atoms with Gasteiger partial charge in [-0.25, -0.2) is 4.79 Å². The van der Waals surface area contributed by atoms with Gasteiger partial charge in [0.15, 0.2) is 0 Å². The molecule has 0 aromatic heterocycles. The Labute approximate surface area is 172 Å². The molecule has 0 aliphatic carbocycles. The summed E-state index contributed by atoms with van der Waals surface area (Å²) >= 11 is 6.30. The topological polar surface area (TPSA) is 71.3 Å². The Hall–Kier alpha value is -2.29. The molecule has 0 saturated carbocycles. The predicted molar refractivity (Wildman–Crippen MR) is 110 cm³/mol. The smallest absolute Gasteiger partial charge is 0.336 e. The third-order valence-electron chi connectivity index (χ3n) is 4.74. The molecule has 0 radical (unpaired) electrons. The highest BCUT2D eigenvalue weighted by Gasteiger charge is 2.35. The predicted octanol–water partition coefficient (Wildman–Crippen LogP) is 4.68. The number of esters is 1. The lowest BCUT2D eigenvalue weighted by Crippen LogP contribution is -2.30. The molecular formula is C22H27ClN2O3. The maximum atomic E-state index is 13.0. The molecule has 1 unspecified atom stereocenters. The van der Waals surface area contributed by atoms with E-state index < -0.39 is 5.97 Å². The third-order valence-corrected chi connectivity index (χ3v) is 5.05. The van der Waals surface area contributed by atoms with E-state index in [1.807, 2.05) is 26.0 Å². The highest BCUT2D eigenvalue weighted by Crippen LogP contribution is 2.43. The number of hydrogen-bond donors (Lipinski definition) is 1. The van der Waals surface area contributed by atoms with Gasteiger partial charge in [-0.05, 0) is 43.4 Å². The number of dihydropyridines is 1. The molecule has 1 aliphatic heterocycles. The van der Waals surface area contributed by atoms with Crippen molar-refractivity contribution in [3.63, 3.8) is 0 Å². The van der Waals surface area contributed by atoms with Crippen molar-refractivity contribution in [2.45, 2.75) is 40.0 Å². The highest BCUT2D eigenvalue weighted by atomic mass is 35.5. The number of nitriles is 1. The van der Waals surface area contributed by atoms with Crippen LogP contribution in [0.4, 0.5) is 0 Å². The fourth-order valence-corrected chi connectivity index (χ4v) is 3.78. The molecule has 1 N–H and O–H groups in total. The lowest BCUT2D eigenvalue weighted by Gasteiger charge is -2.33. The number of benzene rings is 1. The monoisotopic (exact) mass is 402 g/mol. The number of methoxy groups -OCH3 is 1. The average Bonchev–Trinajstić information content (AvgIpc) is 2.63. The van der Waals surface area contributed by atoms with Gasteiger partial charge in [0, 0.05) is 24.4 Å². The van der Waals surface area contributed by atoms with Gasteiger partial charge in [-0.15, -0.1) is 0 Å². The van der Waals surface area contributed by atoms with Gasteiger partial charge in [0.05, 0.1) is 22.8 Å². The highest BCUT2D eigenvalue weighted by molar-refractivity contribution is 6.31. The first-order valence-electron chi connectivity index (χ1n) is 9.33. The SMILES string of the molecule is COCCOC(=O)C1=C(C)NC(C)=C(CC(C)C)C1c1cccc(Cl)c1C#N. The lowest BCUT2D eigenvalue weighted by atomic mass is 9.76. The van der Waals surface area contributed by atoms with Crippen LogP contribution in [0.5, 0.6) is 0 Å². The molecule has 0 amide bonds. The number of allylic oxidation sites excluding steroid dienone is 3. The second-order valence-corrected chi connectivity index (χ2v) is 7.70. The van der Waals surface area contributed by atoms with E-state index in [-0.39, 0.29) is 12.5 Å². The Kier molecular flexibility index (Phi) is 7.68. The van der Waals surface area contributed by atoms with E-state index in [1.54, 1.807) is 13.2 Å². The first-order chi connectivity index (χ1) is 13.3. The molecule has 28 heavy (non-hydrogen) atoms. The number of hydrogen-bond acceptors (Lipinski definition) is 5. The van der Waals surface area contributed by atoms with Gasteiger partial charge in [0.25, 0.3) is 0 Å². The number of carbonyl (C=O) groups is 1. The minimum Gasteiger partial charge on any atom is -0.460 e. The van der Waals surface area contributed by atoms with Crippen LogP contribution in [0.15, 0.2) is 40.7 Å². The van der Waals surface area contributed by atoms with Crippen LogP contribution in [-0.2, 0) is 14.3 Å². The van der Waals surface area contributed by atoms with E-state index in [4.69, 9.17) is 21.1 Å². The molecule has 6 heteroatoms. The molecule has 0 fully saturated rings. The number of nitrogens with one attached hydrogen (secondary N) is 1. The average molecular weight is 403 g/mol. The van der Waals surface area contributed by atoms with Gasteiger partial charge in [-0.2, -0.15) is 5.26 Å². The number of ether oxygens (including phenoxy) is 2. The van der Waals surface area contributed by atoms with Gasteiger partial charge in [0.2, 0.25) is 0 Å². The van der Waals surface area contributed by atoms with Crippen molar-refractivity contribution < 1.29 is 14.3 Å². The standard InChI is InChI=1S/C22H27ClN2O3/c1-13(2)11-17-14(3)25-15(4)20(22(26)28-10-9-27-5)21(17)16-7-6-8-19(23)18(16)12-24/h6-8,13,21,25H,9-11H2,1-5H3. The second-order valence-electron chi connectivity index (χ2n) is 7.29. The van der Waals surface area contributed by atoms with Crippen LogP contribution >= 0.6 is 11.6 Å². The van der Waals surface area contributed by atoms with Crippen LogP contribution < -0.4 is 5.32 Å². The summed E-state index contributed by atoms with van der Waals surface area (Å²) in [6.45, 7) is 8.60. The van der Waals surface area contributed by atoms with E-state index in [9.17, 15) is 10.1 Å². The van der Waals surface area contributed by atoms with Crippen LogP contribution in [-0.4, -0.2) is 26.3 Å². The molecule has 0 bridgehead atoms. The van der Waals surface area contributed by atoms with Crippen molar-refractivity contribution in [1.29, 1.82) is 5.26 Å². The normalized spacial score (nSPS) is 16.9. The Morgan fingerprint density at radius 2 is 2.00 bits per heavy atom. The molecule has 150 valence electrons. The molecular weight excluding hydrogens is 376 g/mol. The van der Waals surface area contributed by atoms with Crippen molar-refractivity contribution in [3.05, 3.63) is 56.9 Å². The fraction of sp³-hybridized carbons (Fsp3) is 0.455. The summed E-state index contributed by atoms with van der Waals surface area (Å²) in [5, 5.41) is 13.4. The molecule has 0 spiro atoms. The zero-order chi connectivity index (χ0) is 20.8. The summed E-state index contributed by atoms with van der Waals surface area (Å²) < 4.78 is 10.4. The Bertz CT molecular complexity index is 850. The summed E-state index contributed by atoms with van der Waals surface area (Å²) in [7, 11) is 1.56. The number of halogens is 1. The van der Waals surface area contributed by atoms with Crippen molar-refractivity contribution in [2.24, 2.45) is 5.92 Å². The van der Waals surface area contributed by atoms with Crippen LogP contribution in [0, 0.1) is 17.2 Å². The zero-order valence-corrected chi connectivity index (χ0v) is 17.8. The molecule has 2 rings (SSSR count). The Balaban J connectivity index is 2.62. The summed E-state index contributed by atoms with van der Waals surface area (Å²) in [6, 6.07) is 7.57. The maximum absolute atomic E-state index is 13.0. The van der Waals surface area contributed by atoms with Gasteiger partial charge < -0.3 is 14.8 Å². The van der Waals surface area contributed by atoms with Crippen LogP contribution in [0.2, 0.25) is 5.02 Å². The van der Waals surface area contributed by atoms with Crippen LogP contribution in [0.25, 0.3) is 0 Å². The molecule has 1 aliphatic rings. The first kappa shape index (κ1) is 22.0. The first-order valence-corrected chi connectivity index (χ1v) is 9.71. The van der Waals surface area contributed by atoms with Gasteiger partial charge in [0.1, 0.15) is 12.7 Å². The zero-order valence-electron chi connectivity index (χ0n) is 17.1. The quantitative estimate of drug-likeness (QED) is 0.529. The number of rotatable bonds is 7. The minimum absolute atomic E-state index is 0.168. The van der Waals surface area contributed by atoms with Crippen LogP contribution in [0.3, 0.4) is 0 Å². The summed E-state index contributed by atoms with van der Waals surface area (Å²) in [5.74, 6) is -0.417. The van der Waals surface area contributed by atoms with Crippen molar-refractivity contribution in [1.82, 2.24) is 5.32 Å². The Morgan fingerprint density at radius 3 is 2.61 bits per heavy atom. The molecule has 1 aromatic rings. The van der Waals surface area contributed by atoms with Crippen molar-refractivity contribution >= 4 is 17.6 Å². The number of nitrogens with zero attached hydrogens (tertiary/aromatic N) is 1. The van der Waals surface area contributed by atoms with E-state index >= 15 is 0 Å². The van der Waals surface area contributed by atoms with Crippen molar-refractivity contribution in [2.75, 3.05) is 20.3 Å². The second kappa shape index (κ2) is 9.77. The summed E-state index contributed by atoms with van der Waals surface area (Å²) in [5.41, 5.74) is 4.41. The lowest BCUT2D eigenvalue weighted by molar-refractivity contribution is -0.140. The molecule has 1 atom stereocenters. The van der Waals surface area contributed by atoms with Crippen LogP contribution in [0.1, 0.15) is 51.2 Å². The molecule has 1 heterocycles. The summed E-state index contributed by atoms with van der Waals surface area (Å²) in [4.78, 5) is 13.0. The molecule has 0 saturated heterocycles. The largest absolute Gasteiger partial charge is 0.460 e. The van der Waals surface area contributed by atoms with Gasteiger partial charge in [-0.1, -0.05) is 37.6 Å². The fourth-order valence-electron chi connectivity index (χ4n) is 3.56. The summed E-state index contributed by atoms with van der Waals surface area (Å²) in [6.07, 6.45) is 0.781. The van der Waals surface area contributed by atoms with E-state index in [2.05, 4.69) is 25.2 Å². The van der Waals surface area contributed by atoms with E-state index in [0.29, 0.717) is 28.7 Å². The van der Waals surface area contributed by atoms with Gasteiger partial charge in [-0.3, -0.25) is 0 Å².